The number of nitrogens with zero attached hydrogens (tertiary/aromatic N) is 1. The summed E-state index contributed by atoms with van der Waals surface area (Å²) in [6, 6.07) is -0.477. The molecule has 2 aliphatic heterocycles. The zero-order valence-corrected chi connectivity index (χ0v) is 11.1. The van der Waals surface area contributed by atoms with E-state index in [2.05, 4.69) is 10.6 Å². The Morgan fingerprint density at radius 1 is 1.53 bits per heavy atom. The number of piperidine rings is 1. The van der Waals surface area contributed by atoms with Crippen LogP contribution in [0.15, 0.2) is 0 Å². The first kappa shape index (κ1) is 13.8. The Hall–Kier alpha value is -1.63. The second-order valence-corrected chi connectivity index (χ2v) is 5.45. The number of imide groups is 1. The molecule has 2 heterocycles. The Morgan fingerprint density at radius 3 is 2.84 bits per heavy atom. The van der Waals surface area contributed by atoms with Crippen LogP contribution in [-0.4, -0.2) is 47.9 Å². The lowest BCUT2D eigenvalue weighted by Gasteiger charge is -2.38. The zero-order valence-electron chi connectivity index (χ0n) is 11.1. The van der Waals surface area contributed by atoms with Gasteiger partial charge in [-0.05, 0) is 25.3 Å². The molecular weight excluding hydrogens is 248 g/mol. The second-order valence-electron chi connectivity index (χ2n) is 5.45. The molecule has 2 unspecified atom stereocenters. The minimum absolute atomic E-state index is 0.00836. The van der Waals surface area contributed by atoms with Crippen LogP contribution in [-0.2, 0) is 9.59 Å². The fourth-order valence-electron chi connectivity index (χ4n) is 2.59. The molecule has 2 rings (SSSR count). The van der Waals surface area contributed by atoms with Crippen LogP contribution in [0.3, 0.4) is 0 Å². The maximum atomic E-state index is 12.1. The summed E-state index contributed by atoms with van der Waals surface area (Å²) >= 11 is 0. The van der Waals surface area contributed by atoms with E-state index in [4.69, 9.17) is 5.73 Å². The molecule has 0 aliphatic carbocycles. The maximum absolute atomic E-state index is 12.1. The van der Waals surface area contributed by atoms with Gasteiger partial charge in [0.2, 0.25) is 5.91 Å². The number of likely N-dealkylation sites (tertiary alicyclic amines) is 1. The van der Waals surface area contributed by atoms with Gasteiger partial charge in [-0.15, -0.1) is 0 Å². The third-order valence-corrected chi connectivity index (χ3v) is 3.79. The van der Waals surface area contributed by atoms with Gasteiger partial charge < -0.3 is 16.0 Å². The molecule has 2 saturated heterocycles. The molecule has 0 aromatic carbocycles. The van der Waals surface area contributed by atoms with Crippen molar-refractivity contribution in [3.8, 4) is 0 Å². The average Bonchev–Trinajstić information content (AvgIpc) is 2.63. The highest BCUT2D eigenvalue weighted by molar-refractivity contribution is 6.07. The van der Waals surface area contributed by atoms with Gasteiger partial charge in [-0.25, -0.2) is 4.79 Å². The maximum Gasteiger partial charge on any atom is 0.322 e. The van der Waals surface area contributed by atoms with Crippen LogP contribution in [0.2, 0.25) is 0 Å². The summed E-state index contributed by atoms with van der Waals surface area (Å²) in [4.78, 5) is 36.9. The third kappa shape index (κ3) is 2.70. The van der Waals surface area contributed by atoms with Crippen molar-refractivity contribution in [2.24, 2.45) is 11.7 Å². The predicted molar refractivity (Wildman–Crippen MR) is 68.1 cm³/mol. The molecule has 0 aromatic heterocycles. The monoisotopic (exact) mass is 268 g/mol. The number of rotatable bonds is 3. The number of carbonyl (C=O) groups excluding carboxylic acids is 3. The molecule has 2 atom stereocenters. The summed E-state index contributed by atoms with van der Waals surface area (Å²) < 4.78 is 0. The number of urea groups is 1. The Balaban J connectivity index is 2.03. The van der Waals surface area contributed by atoms with E-state index in [1.165, 1.54) is 0 Å². The molecule has 2 fully saturated rings. The largest absolute Gasteiger partial charge is 0.340 e. The Morgan fingerprint density at radius 2 is 2.26 bits per heavy atom. The Labute approximate surface area is 111 Å². The van der Waals surface area contributed by atoms with Gasteiger partial charge in [-0.2, -0.15) is 0 Å². The summed E-state index contributed by atoms with van der Waals surface area (Å²) in [5.41, 5.74) is 4.58. The Kier molecular flexibility index (Phi) is 3.75. The lowest BCUT2D eigenvalue weighted by molar-refractivity contribution is -0.136. The van der Waals surface area contributed by atoms with E-state index in [1.807, 2.05) is 6.92 Å². The summed E-state index contributed by atoms with van der Waals surface area (Å²) in [7, 11) is 0. The van der Waals surface area contributed by atoms with Crippen LogP contribution < -0.4 is 16.4 Å². The van der Waals surface area contributed by atoms with Crippen LogP contribution in [0.5, 0.6) is 0 Å². The van der Waals surface area contributed by atoms with Crippen molar-refractivity contribution in [2.75, 3.05) is 19.6 Å². The molecule has 7 nitrogen and oxygen atoms in total. The van der Waals surface area contributed by atoms with Crippen LogP contribution in [0.1, 0.15) is 26.2 Å². The highest BCUT2D eigenvalue weighted by Gasteiger charge is 2.49. The highest BCUT2D eigenvalue weighted by atomic mass is 16.2. The van der Waals surface area contributed by atoms with Gasteiger partial charge in [0.25, 0.3) is 5.91 Å². The molecule has 7 heteroatoms. The van der Waals surface area contributed by atoms with Gasteiger partial charge in [-0.1, -0.05) is 6.92 Å². The standard InChI is InChI=1S/C12H20N4O3/c1-8(6-13)5-9(17)16-4-2-3-12(7-16)10(18)14-11(19)15-12/h8H,2-7,13H2,1H3,(H2,14,15,18,19). The normalized spacial score (nSPS) is 28.2. The average molecular weight is 268 g/mol. The van der Waals surface area contributed by atoms with E-state index in [-0.39, 0.29) is 24.3 Å². The molecule has 1 spiro atoms. The predicted octanol–water partition coefficient (Wildman–Crippen LogP) is -0.828. The first-order valence-corrected chi connectivity index (χ1v) is 6.58. The molecule has 0 saturated carbocycles. The van der Waals surface area contributed by atoms with Gasteiger partial charge >= 0.3 is 6.03 Å². The first-order chi connectivity index (χ1) is 8.97. The topological polar surface area (TPSA) is 105 Å². The fraction of sp³-hybridized carbons (Fsp3) is 0.750. The fourth-order valence-corrected chi connectivity index (χ4v) is 2.59. The summed E-state index contributed by atoms with van der Waals surface area (Å²) in [5, 5.41) is 4.89. The second kappa shape index (κ2) is 5.16. The van der Waals surface area contributed by atoms with Crippen molar-refractivity contribution in [1.82, 2.24) is 15.5 Å². The molecule has 0 radical (unpaired) electrons. The smallest absolute Gasteiger partial charge is 0.322 e. The number of nitrogens with two attached hydrogens (primary N) is 1. The number of hydrogen-bond donors (Lipinski definition) is 3. The van der Waals surface area contributed by atoms with E-state index < -0.39 is 11.6 Å². The molecule has 0 bridgehead atoms. The van der Waals surface area contributed by atoms with Crippen molar-refractivity contribution in [3.05, 3.63) is 0 Å². The minimum Gasteiger partial charge on any atom is -0.340 e. The van der Waals surface area contributed by atoms with E-state index >= 15 is 0 Å². The lowest BCUT2D eigenvalue weighted by Crippen LogP contribution is -2.59. The van der Waals surface area contributed by atoms with E-state index in [0.29, 0.717) is 32.4 Å². The molecular formula is C12H20N4O3. The summed E-state index contributed by atoms with van der Waals surface area (Å²) in [6.07, 6.45) is 1.65. The number of nitrogens with one attached hydrogen (secondary N) is 2. The van der Waals surface area contributed by atoms with Crippen molar-refractivity contribution in [3.63, 3.8) is 0 Å². The minimum atomic E-state index is -0.934. The number of amides is 4. The van der Waals surface area contributed by atoms with Crippen LogP contribution in [0.4, 0.5) is 4.79 Å². The molecule has 2 aliphatic rings. The van der Waals surface area contributed by atoms with Gasteiger partial charge in [0.05, 0.1) is 6.54 Å². The highest BCUT2D eigenvalue weighted by Crippen LogP contribution is 2.25. The van der Waals surface area contributed by atoms with Crippen LogP contribution in [0, 0.1) is 5.92 Å². The van der Waals surface area contributed by atoms with E-state index in [1.54, 1.807) is 4.90 Å². The van der Waals surface area contributed by atoms with E-state index in [9.17, 15) is 14.4 Å². The van der Waals surface area contributed by atoms with Crippen molar-refractivity contribution >= 4 is 17.8 Å². The summed E-state index contributed by atoms with van der Waals surface area (Å²) in [6.45, 7) is 3.26. The van der Waals surface area contributed by atoms with Gasteiger partial charge in [0.15, 0.2) is 0 Å². The van der Waals surface area contributed by atoms with Gasteiger partial charge in [0.1, 0.15) is 5.54 Å². The molecule has 4 amide bonds. The number of carbonyl (C=O) groups is 3. The van der Waals surface area contributed by atoms with Gasteiger partial charge in [-0.3, -0.25) is 14.9 Å². The molecule has 0 aromatic rings. The third-order valence-electron chi connectivity index (χ3n) is 3.79. The van der Waals surface area contributed by atoms with Crippen molar-refractivity contribution in [2.45, 2.75) is 31.7 Å². The molecule has 19 heavy (non-hydrogen) atoms. The quantitative estimate of drug-likeness (QED) is 0.581. The first-order valence-electron chi connectivity index (χ1n) is 6.58. The molecule has 106 valence electrons. The van der Waals surface area contributed by atoms with Crippen LogP contribution in [0.25, 0.3) is 0 Å². The summed E-state index contributed by atoms with van der Waals surface area (Å²) in [5.74, 6) is -0.217. The van der Waals surface area contributed by atoms with Crippen LogP contribution >= 0.6 is 0 Å². The molecule has 4 N–H and O–H groups in total. The van der Waals surface area contributed by atoms with Crippen molar-refractivity contribution < 1.29 is 14.4 Å². The Bertz CT molecular complexity index is 412. The van der Waals surface area contributed by atoms with E-state index in [0.717, 1.165) is 0 Å². The van der Waals surface area contributed by atoms with Gasteiger partial charge in [0, 0.05) is 13.0 Å². The lowest BCUT2D eigenvalue weighted by atomic mass is 9.88. The van der Waals surface area contributed by atoms with Crippen molar-refractivity contribution in [1.29, 1.82) is 0 Å². The SMILES string of the molecule is CC(CN)CC(=O)N1CCCC2(C1)NC(=O)NC2=O. The number of hydrogen-bond acceptors (Lipinski definition) is 4. The zero-order chi connectivity index (χ0) is 14.0.